The lowest BCUT2D eigenvalue weighted by molar-refractivity contribution is -0.124. The molecule has 2 amide bonds. The topological polar surface area (TPSA) is 90.4 Å². The van der Waals surface area contributed by atoms with Crippen molar-refractivity contribution in [3.05, 3.63) is 35.0 Å². The SMILES string of the molecule is C[C@H]1CN(c2cc(F)c(-c3csc(N4CCOCC4)n3)cc2NC(=O)C2C=NC(=O)C=C2C(F)(F)F)CCN1C. The second kappa shape index (κ2) is 11.3. The number of morpholine rings is 1. The Morgan fingerprint density at radius 1 is 1.15 bits per heavy atom. The average molecular weight is 581 g/mol. The van der Waals surface area contributed by atoms with Crippen molar-refractivity contribution in [2.24, 2.45) is 10.9 Å². The number of ether oxygens (including phenoxy) is 1. The maximum atomic E-state index is 15.6. The monoisotopic (exact) mass is 580 g/mol. The highest BCUT2D eigenvalue weighted by atomic mass is 32.1. The fourth-order valence-corrected chi connectivity index (χ4v) is 5.72. The number of carbonyl (C=O) groups is 2. The summed E-state index contributed by atoms with van der Waals surface area (Å²) in [6.07, 6.45) is -3.90. The van der Waals surface area contributed by atoms with Gasteiger partial charge in [0.15, 0.2) is 5.13 Å². The Balaban J connectivity index is 1.50. The summed E-state index contributed by atoms with van der Waals surface area (Å²) in [5.41, 5.74) is -0.364. The molecule has 40 heavy (non-hydrogen) atoms. The summed E-state index contributed by atoms with van der Waals surface area (Å²) in [6, 6.07) is 2.81. The number of piperazine rings is 1. The number of halogens is 4. The zero-order valence-electron chi connectivity index (χ0n) is 21.9. The third-order valence-corrected chi connectivity index (χ3v) is 8.17. The lowest BCUT2D eigenvalue weighted by Crippen LogP contribution is -2.50. The van der Waals surface area contributed by atoms with E-state index in [1.165, 1.54) is 23.5 Å². The third-order valence-electron chi connectivity index (χ3n) is 7.27. The summed E-state index contributed by atoms with van der Waals surface area (Å²) < 4.78 is 62.0. The first kappa shape index (κ1) is 28.2. The van der Waals surface area contributed by atoms with Gasteiger partial charge in [-0.15, -0.1) is 11.3 Å². The van der Waals surface area contributed by atoms with Crippen LogP contribution in [-0.2, 0) is 14.3 Å². The zero-order chi connectivity index (χ0) is 28.6. The molecular formula is C26H28F4N6O3S. The van der Waals surface area contributed by atoms with Crippen molar-refractivity contribution < 1.29 is 31.9 Å². The number of rotatable bonds is 5. The van der Waals surface area contributed by atoms with E-state index in [9.17, 15) is 22.8 Å². The number of nitrogens with one attached hydrogen (secondary N) is 1. The van der Waals surface area contributed by atoms with E-state index in [-0.39, 0.29) is 17.3 Å². The van der Waals surface area contributed by atoms with Crippen LogP contribution in [0.25, 0.3) is 11.3 Å². The summed E-state index contributed by atoms with van der Waals surface area (Å²) in [7, 11) is 1.97. The van der Waals surface area contributed by atoms with E-state index >= 15 is 4.39 Å². The number of aliphatic imine (C=N–C) groups is 1. The summed E-state index contributed by atoms with van der Waals surface area (Å²) in [5, 5.41) is 4.97. The molecule has 1 aromatic carbocycles. The summed E-state index contributed by atoms with van der Waals surface area (Å²) >= 11 is 1.35. The van der Waals surface area contributed by atoms with Crippen LogP contribution in [-0.4, -0.2) is 93.1 Å². The number of hydrogen-bond donors (Lipinski definition) is 1. The van der Waals surface area contributed by atoms with Gasteiger partial charge in [0.05, 0.1) is 35.9 Å². The number of carbonyl (C=O) groups excluding carboxylic acids is 2. The van der Waals surface area contributed by atoms with Gasteiger partial charge in [-0.25, -0.2) is 14.4 Å². The lowest BCUT2D eigenvalue weighted by atomic mass is 9.95. The average Bonchev–Trinajstić information content (AvgIpc) is 3.41. The zero-order valence-corrected chi connectivity index (χ0v) is 22.7. The lowest BCUT2D eigenvalue weighted by Gasteiger charge is -2.39. The van der Waals surface area contributed by atoms with Crippen LogP contribution in [0.4, 0.5) is 34.1 Å². The number of likely N-dealkylation sites (N-methyl/N-ethyl adjacent to an activating group) is 1. The number of nitrogens with zero attached hydrogens (tertiary/aromatic N) is 5. The highest BCUT2D eigenvalue weighted by Gasteiger charge is 2.43. The van der Waals surface area contributed by atoms with Gasteiger partial charge >= 0.3 is 6.18 Å². The molecular weight excluding hydrogens is 552 g/mol. The number of hydrogen-bond acceptors (Lipinski definition) is 8. The van der Waals surface area contributed by atoms with Gasteiger partial charge in [0.25, 0.3) is 5.91 Å². The minimum absolute atomic E-state index is 0.107. The van der Waals surface area contributed by atoms with Crippen molar-refractivity contribution in [2.75, 3.05) is 68.1 Å². The first-order chi connectivity index (χ1) is 19.0. The number of dihydropyridines is 1. The molecule has 2 fully saturated rings. The minimum atomic E-state index is -4.91. The standard InChI is InChI=1S/C26H28F4N6O3S/c1-15-13-36(4-3-34(15)2)22-11-19(27)16(21-14-40-25(33-21)35-5-7-39-8-6-35)9-20(22)32-24(38)17-12-31-23(37)10-18(17)26(28,29)30/h9-12,14-15,17H,3-8,13H2,1-2H3,(H,32,38)/t15-,17?/m0/s1. The van der Waals surface area contributed by atoms with E-state index in [1.54, 1.807) is 5.38 Å². The molecule has 14 heteroatoms. The molecule has 214 valence electrons. The maximum Gasteiger partial charge on any atom is 0.414 e. The Labute approximate surface area is 232 Å². The summed E-state index contributed by atoms with van der Waals surface area (Å²) in [4.78, 5) is 38.8. The first-order valence-electron chi connectivity index (χ1n) is 12.8. The Morgan fingerprint density at radius 3 is 2.60 bits per heavy atom. The molecule has 1 N–H and O–H groups in total. The van der Waals surface area contributed by atoms with Crippen molar-refractivity contribution in [2.45, 2.75) is 19.1 Å². The Bertz CT molecular complexity index is 1350. The van der Waals surface area contributed by atoms with E-state index in [0.717, 1.165) is 0 Å². The number of benzene rings is 1. The predicted octanol–water partition coefficient (Wildman–Crippen LogP) is 3.58. The fraction of sp³-hybridized carbons (Fsp3) is 0.462. The highest BCUT2D eigenvalue weighted by molar-refractivity contribution is 7.14. The smallest absolute Gasteiger partial charge is 0.378 e. The first-order valence-corrected chi connectivity index (χ1v) is 13.6. The largest absolute Gasteiger partial charge is 0.414 e. The molecule has 0 radical (unpaired) electrons. The molecule has 1 aromatic heterocycles. The van der Waals surface area contributed by atoms with Crippen molar-refractivity contribution in [1.82, 2.24) is 9.88 Å². The van der Waals surface area contributed by atoms with Gasteiger partial charge in [0.2, 0.25) is 5.91 Å². The van der Waals surface area contributed by atoms with Crippen LogP contribution in [0.15, 0.2) is 34.2 Å². The molecule has 5 rings (SSSR count). The van der Waals surface area contributed by atoms with Crippen molar-refractivity contribution in [3.63, 3.8) is 0 Å². The van der Waals surface area contributed by atoms with Gasteiger partial charge < -0.3 is 24.8 Å². The number of amides is 2. The number of aromatic nitrogens is 1. The van der Waals surface area contributed by atoms with E-state index in [4.69, 9.17) is 4.74 Å². The van der Waals surface area contributed by atoms with Gasteiger partial charge in [0.1, 0.15) is 11.7 Å². The van der Waals surface area contributed by atoms with Gasteiger partial charge in [0, 0.05) is 62.0 Å². The van der Waals surface area contributed by atoms with Gasteiger partial charge in [-0.3, -0.25) is 9.59 Å². The minimum Gasteiger partial charge on any atom is -0.378 e. The second-order valence-electron chi connectivity index (χ2n) is 9.92. The molecule has 9 nitrogen and oxygen atoms in total. The molecule has 2 atom stereocenters. The predicted molar refractivity (Wildman–Crippen MR) is 145 cm³/mol. The van der Waals surface area contributed by atoms with Gasteiger partial charge in [-0.05, 0) is 26.1 Å². The van der Waals surface area contributed by atoms with Crippen molar-refractivity contribution in [1.29, 1.82) is 0 Å². The summed E-state index contributed by atoms with van der Waals surface area (Å²) in [6.45, 7) is 6.13. The maximum absolute atomic E-state index is 15.6. The van der Waals surface area contributed by atoms with Crippen LogP contribution in [0.2, 0.25) is 0 Å². The van der Waals surface area contributed by atoms with Crippen LogP contribution in [0, 0.1) is 11.7 Å². The van der Waals surface area contributed by atoms with E-state index < -0.39 is 35.3 Å². The van der Waals surface area contributed by atoms with E-state index in [1.807, 2.05) is 23.8 Å². The van der Waals surface area contributed by atoms with E-state index in [2.05, 4.69) is 20.2 Å². The molecule has 0 saturated carbocycles. The highest BCUT2D eigenvalue weighted by Crippen LogP contribution is 2.38. The van der Waals surface area contributed by atoms with E-state index in [0.29, 0.717) is 74.7 Å². The van der Waals surface area contributed by atoms with Gasteiger partial charge in [-0.1, -0.05) is 0 Å². The quantitative estimate of drug-likeness (QED) is 0.541. The molecule has 0 spiro atoms. The number of anilines is 3. The van der Waals surface area contributed by atoms with Crippen LogP contribution in [0.1, 0.15) is 6.92 Å². The van der Waals surface area contributed by atoms with Crippen molar-refractivity contribution in [3.8, 4) is 11.3 Å². The van der Waals surface area contributed by atoms with Crippen molar-refractivity contribution >= 4 is 45.9 Å². The molecule has 3 aliphatic heterocycles. The molecule has 4 heterocycles. The van der Waals surface area contributed by atoms with Gasteiger partial charge in [-0.2, -0.15) is 13.2 Å². The molecule has 1 unspecified atom stereocenters. The molecule has 3 aliphatic rings. The molecule has 2 saturated heterocycles. The molecule has 0 aliphatic carbocycles. The normalized spacial score (nSPS) is 22.4. The summed E-state index contributed by atoms with van der Waals surface area (Å²) in [5.74, 6) is -4.53. The Kier molecular flexibility index (Phi) is 7.93. The third kappa shape index (κ3) is 5.88. The second-order valence-corrected chi connectivity index (χ2v) is 10.8. The Hall–Kier alpha value is -3.36. The van der Waals surface area contributed by atoms with Crippen LogP contribution in [0.5, 0.6) is 0 Å². The molecule has 2 aromatic rings. The van der Waals surface area contributed by atoms with Crippen LogP contribution in [0.3, 0.4) is 0 Å². The number of thiazole rings is 1. The van der Waals surface area contributed by atoms with Crippen LogP contribution >= 0.6 is 11.3 Å². The number of alkyl halides is 3. The Morgan fingerprint density at radius 2 is 1.90 bits per heavy atom. The molecule has 0 bridgehead atoms. The van der Waals surface area contributed by atoms with Crippen LogP contribution < -0.4 is 15.1 Å². The fourth-order valence-electron chi connectivity index (χ4n) is 4.84.